The Balaban J connectivity index is 1.74. The molecule has 1 atom stereocenters. The molecule has 3 rings (SSSR count). The second kappa shape index (κ2) is 5.95. The highest BCUT2D eigenvalue weighted by Gasteiger charge is 2.22. The second-order valence-electron chi connectivity index (χ2n) is 5.05. The fourth-order valence-electron chi connectivity index (χ4n) is 2.50. The normalized spacial score (nSPS) is 17.5. The van der Waals surface area contributed by atoms with E-state index in [1.807, 2.05) is 0 Å². The molecule has 21 heavy (non-hydrogen) atoms. The number of hydrogen-bond acceptors (Lipinski definition) is 3. The van der Waals surface area contributed by atoms with Gasteiger partial charge in [0, 0.05) is 23.5 Å². The van der Waals surface area contributed by atoms with Gasteiger partial charge in [-0.15, -0.1) is 0 Å². The zero-order valence-corrected chi connectivity index (χ0v) is 11.4. The van der Waals surface area contributed by atoms with E-state index in [0.29, 0.717) is 12.4 Å². The van der Waals surface area contributed by atoms with Gasteiger partial charge in [-0.25, -0.2) is 4.39 Å². The highest BCUT2D eigenvalue weighted by Crippen LogP contribution is 2.32. The summed E-state index contributed by atoms with van der Waals surface area (Å²) in [4.78, 5) is 12.1. The number of halogens is 1. The van der Waals surface area contributed by atoms with Crippen molar-refractivity contribution in [3.05, 3.63) is 47.5 Å². The van der Waals surface area contributed by atoms with Gasteiger partial charge in [0.05, 0.1) is 19.1 Å². The van der Waals surface area contributed by atoms with Gasteiger partial charge in [0.2, 0.25) is 5.91 Å². The summed E-state index contributed by atoms with van der Waals surface area (Å²) in [6, 6.07) is 6.05. The minimum Gasteiger partial charge on any atom is -0.493 e. The summed E-state index contributed by atoms with van der Waals surface area (Å²) in [5, 5.41) is 9.56. The summed E-state index contributed by atoms with van der Waals surface area (Å²) in [6.07, 6.45) is 3.44. The first-order chi connectivity index (χ1) is 10.2. The minimum absolute atomic E-state index is 0.0959. The fourth-order valence-corrected chi connectivity index (χ4v) is 2.50. The second-order valence-corrected chi connectivity index (χ2v) is 5.05. The average Bonchev–Trinajstić information content (AvgIpc) is 2.87. The summed E-state index contributed by atoms with van der Waals surface area (Å²) >= 11 is 0. The van der Waals surface area contributed by atoms with Crippen LogP contribution in [0, 0.1) is 5.82 Å². The lowest BCUT2D eigenvalue weighted by atomic mass is 10.0. The molecule has 1 aromatic carbocycles. The van der Waals surface area contributed by atoms with Crippen molar-refractivity contribution in [1.82, 2.24) is 15.5 Å². The van der Waals surface area contributed by atoms with Gasteiger partial charge in [0.1, 0.15) is 11.6 Å². The molecule has 0 unspecified atom stereocenters. The van der Waals surface area contributed by atoms with Gasteiger partial charge in [-0.3, -0.25) is 9.89 Å². The largest absolute Gasteiger partial charge is 0.493 e. The van der Waals surface area contributed by atoms with E-state index >= 15 is 0 Å². The first-order valence-electron chi connectivity index (χ1n) is 6.92. The molecule has 1 aromatic heterocycles. The van der Waals surface area contributed by atoms with Crippen LogP contribution in [0.4, 0.5) is 4.39 Å². The van der Waals surface area contributed by atoms with Crippen LogP contribution in [-0.2, 0) is 11.2 Å². The van der Waals surface area contributed by atoms with Crippen LogP contribution in [-0.4, -0.2) is 22.7 Å². The van der Waals surface area contributed by atoms with Gasteiger partial charge < -0.3 is 10.1 Å². The molecule has 0 spiro atoms. The monoisotopic (exact) mass is 289 g/mol. The Morgan fingerprint density at radius 3 is 3.19 bits per heavy atom. The van der Waals surface area contributed by atoms with Crippen molar-refractivity contribution in [2.45, 2.75) is 25.3 Å². The van der Waals surface area contributed by atoms with Crippen molar-refractivity contribution >= 4 is 5.91 Å². The standard InChI is InChI=1S/C15H16FN3O2/c16-10-3-4-12-13(2-1-7-21-14(12)8-10)18-15(20)9-11-5-6-17-19-11/h3-6,8,13H,1-2,7,9H2,(H,17,19)(H,18,20)/t13-/m0/s1. The smallest absolute Gasteiger partial charge is 0.226 e. The van der Waals surface area contributed by atoms with Gasteiger partial charge in [0.25, 0.3) is 0 Å². The van der Waals surface area contributed by atoms with Crippen molar-refractivity contribution in [3.63, 3.8) is 0 Å². The van der Waals surface area contributed by atoms with E-state index in [2.05, 4.69) is 15.5 Å². The summed E-state index contributed by atoms with van der Waals surface area (Å²) in [6.45, 7) is 0.531. The molecule has 0 radical (unpaired) electrons. The number of carbonyl (C=O) groups is 1. The van der Waals surface area contributed by atoms with Crippen molar-refractivity contribution in [3.8, 4) is 5.75 Å². The van der Waals surface area contributed by atoms with E-state index in [1.165, 1.54) is 12.1 Å². The third-order valence-corrected chi connectivity index (χ3v) is 3.49. The lowest BCUT2D eigenvalue weighted by molar-refractivity contribution is -0.121. The fraction of sp³-hybridized carbons (Fsp3) is 0.333. The number of carbonyl (C=O) groups excluding carboxylic acids is 1. The van der Waals surface area contributed by atoms with Gasteiger partial charge in [0.15, 0.2) is 0 Å². The lowest BCUT2D eigenvalue weighted by Gasteiger charge is -2.18. The summed E-state index contributed by atoms with van der Waals surface area (Å²) in [5.41, 5.74) is 1.59. The zero-order valence-electron chi connectivity index (χ0n) is 11.4. The molecule has 0 fully saturated rings. The maximum absolute atomic E-state index is 13.3. The highest BCUT2D eigenvalue weighted by atomic mass is 19.1. The number of aromatic nitrogens is 2. The van der Waals surface area contributed by atoms with Crippen LogP contribution >= 0.6 is 0 Å². The number of hydrogen-bond donors (Lipinski definition) is 2. The summed E-state index contributed by atoms with van der Waals surface area (Å²) < 4.78 is 18.8. The predicted octanol–water partition coefficient (Wildman–Crippen LogP) is 2.12. The summed E-state index contributed by atoms with van der Waals surface area (Å²) in [7, 11) is 0. The number of H-pyrrole nitrogens is 1. The van der Waals surface area contributed by atoms with Crippen LogP contribution in [0.2, 0.25) is 0 Å². The van der Waals surface area contributed by atoms with E-state index in [0.717, 1.165) is 24.1 Å². The number of nitrogens with one attached hydrogen (secondary N) is 2. The van der Waals surface area contributed by atoms with Crippen LogP contribution in [0.15, 0.2) is 30.5 Å². The Morgan fingerprint density at radius 1 is 1.48 bits per heavy atom. The van der Waals surface area contributed by atoms with E-state index in [1.54, 1.807) is 18.3 Å². The highest BCUT2D eigenvalue weighted by molar-refractivity contribution is 5.78. The molecule has 1 aliphatic heterocycles. The Hall–Kier alpha value is -2.37. The molecule has 6 heteroatoms. The van der Waals surface area contributed by atoms with Crippen molar-refractivity contribution in [1.29, 1.82) is 0 Å². The molecular formula is C15H16FN3O2. The maximum atomic E-state index is 13.3. The lowest BCUT2D eigenvalue weighted by Crippen LogP contribution is -2.29. The number of benzene rings is 1. The van der Waals surface area contributed by atoms with Crippen LogP contribution in [0.3, 0.4) is 0 Å². The minimum atomic E-state index is -0.335. The molecule has 110 valence electrons. The first kappa shape index (κ1) is 13.6. The maximum Gasteiger partial charge on any atom is 0.226 e. The van der Waals surface area contributed by atoms with Crippen molar-refractivity contribution in [2.24, 2.45) is 0 Å². The number of amides is 1. The molecule has 0 aliphatic carbocycles. The van der Waals surface area contributed by atoms with Gasteiger partial charge in [-0.1, -0.05) is 6.07 Å². The molecule has 5 nitrogen and oxygen atoms in total. The molecule has 2 aromatic rings. The Labute approximate surface area is 121 Å². The van der Waals surface area contributed by atoms with Gasteiger partial charge in [-0.2, -0.15) is 5.10 Å². The molecule has 0 saturated carbocycles. The molecule has 0 saturated heterocycles. The number of nitrogens with zero attached hydrogens (tertiary/aromatic N) is 1. The van der Waals surface area contributed by atoms with Crippen molar-refractivity contribution < 1.29 is 13.9 Å². The van der Waals surface area contributed by atoms with Crippen LogP contribution in [0.25, 0.3) is 0 Å². The zero-order chi connectivity index (χ0) is 14.7. The number of rotatable bonds is 3. The predicted molar refractivity (Wildman–Crippen MR) is 74.3 cm³/mol. The number of aromatic amines is 1. The van der Waals surface area contributed by atoms with Crippen LogP contribution in [0.1, 0.15) is 30.1 Å². The van der Waals surface area contributed by atoms with Gasteiger partial charge >= 0.3 is 0 Å². The SMILES string of the molecule is O=C(Cc1ccn[nH]1)N[C@H]1CCCOc2cc(F)ccc21. The van der Waals surface area contributed by atoms with E-state index in [4.69, 9.17) is 4.74 Å². The van der Waals surface area contributed by atoms with Crippen LogP contribution < -0.4 is 10.1 Å². The molecule has 0 bridgehead atoms. The topological polar surface area (TPSA) is 67.0 Å². The first-order valence-corrected chi connectivity index (χ1v) is 6.92. The Bertz CT molecular complexity index is 628. The molecule has 2 heterocycles. The third kappa shape index (κ3) is 3.21. The Kier molecular flexibility index (Phi) is 3.85. The molecule has 2 N–H and O–H groups in total. The molecular weight excluding hydrogens is 273 g/mol. The average molecular weight is 289 g/mol. The van der Waals surface area contributed by atoms with Crippen molar-refractivity contribution in [2.75, 3.05) is 6.61 Å². The summed E-state index contributed by atoms with van der Waals surface area (Å²) in [5.74, 6) is 0.0824. The quantitative estimate of drug-likeness (QED) is 0.909. The molecule has 1 amide bonds. The number of fused-ring (bicyclic) bond motifs is 1. The van der Waals surface area contributed by atoms with E-state index < -0.39 is 0 Å². The van der Waals surface area contributed by atoms with E-state index in [9.17, 15) is 9.18 Å². The third-order valence-electron chi connectivity index (χ3n) is 3.49. The van der Waals surface area contributed by atoms with Crippen LogP contribution in [0.5, 0.6) is 5.75 Å². The number of ether oxygens (including phenoxy) is 1. The Morgan fingerprint density at radius 2 is 2.38 bits per heavy atom. The molecule has 1 aliphatic rings. The van der Waals surface area contributed by atoms with E-state index in [-0.39, 0.29) is 24.2 Å². The van der Waals surface area contributed by atoms with Gasteiger partial charge in [-0.05, 0) is 25.0 Å².